The van der Waals surface area contributed by atoms with Crippen LogP contribution >= 0.6 is 0 Å². The van der Waals surface area contributed by atoms with Gasteiger partial charge in [0, 0.05) is 22.3 Å². The summed E-state index contributed by atoms with van der Waals surface area (Å²) in [5, 5.41) is 11.9. The minimum Gasteiger partial charge on any atom is -0.248 e. The van der Waals surface area contributed by atoms with E-state index in [2.05, 4.69) is 218 Å². The second-order valence-electron chi connectivity index (χ2n) is 16.5. The van der Waals surface area contributed by atoms with Crippen molar-refractivity contribution >= 4 is 10.8 Å². The van der Waals surface area contributed by atoms with E-state index in [1.807, 2.05) is 36.4 Å². The number of fused-ring (bicyclic) bond motifs is 1. The standard InChI is InChI=1S/C63H41N3/c64-42-43-21-23-47(24-22-43)58-36-54-34-33-53(44-25-27-45(28-26-44)56-38-60(49-13-5-1-6-14-49)65-61(39-56)50-15-7-2-8-16-50)35-55(54)37-59(58)48-31-29-46(30-32-48)57-40-62(51-17-9-3-10-18-51)66-63(41-57)52-19-11-4-12-20-52/h1-41H. The third kappa shape index (κ3) is 8.19. The van der Waals surface area contributed by atoms with Gasteiger partial charge in [0.2, 0.25) is 0 Å². The second-order valence-corrected chi connectivity index (χ2v) is 16.5. The highest BCUT2D eigenvalue weighted by atomic mass is 14.7. The lowest BCUT2D eigenvalue weighted by atomic mass is 9.89. The van der Waals surface area contributed by atoms with Gasteiger partial charge in [-0.2, -0.15) is 5.26 Å². The Labute approximate surface area is 385 Å². The van der Waals surface area contributed by atoms with E-state index >= 15 is 0 Å². The zero-order valence-electron chi connectivity index (χ0n) is 36.0. The van der Waals surface area contributed by atoms with Gasteiger partial charge in [-0.3, -0.25) is 0 Å². The molecule has 0 bridgehead atoms. The molecule has 3 heteroatoms. The molecule has 0 saturated carbocycles. The topological polar surface area (TPSA) is 49.6 Å². The molecule has 0 fully saturated rings. The number of hydrogen-bond acceptors (Lipinski definition) is 3. The van der Waals surface area contributed by atoms with Crippen molar-refractivity contribution < 1.29 is 0 Å². The molecule has 0 unspecified atom stereocenters. The van der Waals surface area contributed by atoms with Crippen molar-refractivity contribution in [2.75, 3.05) is 0 Å². The van der Waals surface area contributed by atoms with Crippen molar-refractivity contribution in [1.82, 2.24) is 9.97 Å². The number of benzene rings is 9. The molecule has 66 heavy (non-hydrogen) atoms. The van der Waals surface area contributed by atoms with Crippen LogP contribution in [0.2, 0.25) is 0 Å². The fraction of sp³-hybridized carbons (Fsp3) is 0. The molecule has 0 saturated heterocycles. The van der Waals surface area contributed by atoms with Gasteiger partial charge in [0.25, 0.3) is 0 Å². The normalized spacial score (nSPS) is 11.0. The molecule has 308 valence electrons. The highest BCUT2D eigenvalue weighted by Crippen LogP contribution is 2.39. The van der Waals surface area contributed by atoms with Crippen LogP contribution in [0.1, 0.15) is 5.56 Å². The molecule has 2 heterocycles. The molecule has 0 amide bonds. The van der Waals surface area contributed by atoms with Gasteiger partial charge in [-0.15, -0.1) is 0 Å². The predicted molar refractivity (Wildman–Crippen MR) is 273 cm³/mol. The Bertz CT molecular complexity index is 3410. The van der Waals surface area contributed by atoms with Crippen LogP contribution in [0.4, 0.5) is 0 Å². The lowest BCUT2D eigenvalue weighted by Crippen LogP contribution is -1.92. The zero-order chi connectivity index (χ0) is 44.2. The van der Waals surface area contributed by atoms with E-state index in [4.69, 9.17) is 9.97 Å². The highest BCUT2D eigenvalue weighted by molar-refractivity contribution is 5.98. The number of hydrogen-bond donors (Lipinski definition) is 0. The minimum atomic E-state index is 0.639. The molecule has 0 N–H and O–H groups in total. The van der Waals surface area contributed by atoms with E-state index < -0.39 is 0 Å². The summed E-state index contributed by atoms with van der Waals surface area (Å²) in [6.45, 7) is 0. The van der Waals surface area contributed by atoms with Gasteiger partial charge >= 0.3 is 0 Å². The van der Waals surface area contributed by atoms with Crippen molar-refractivity contribution in [2.24, 2.45) is 0 Å². The quantitative estimate of drug-likeness (QED) is 0.145. The van der Waals surface area contributed by atoms with E-state index in [1.54, 1.807) is 0 Å². The van der Waals surface area contributed by atoms with Crippen LogP contribution in [-0.2, 0) is 0 Å². The Morgan fingerprint density at radius 3 is 0.939 bits per heavy atom. The maximum atomic E-state index is 9.60. The summed E-state index contributed by atoms with van der Waals surface area (Å²) in [5.41, 5.74) is 19.9. The molecule has 2 aromatic heterocycles. The highest BCUT2D eigenvalue weighted by Gasteiger charge is 2.15. The lowest BCUT2D eigenvalue weighted by molar-refractivity contribution is 1.32. The Hall–Kier alpha value is -8.97. The maximum Gasteiger partial charge on any atom is 0.0991 e. The molecule has 0 atom stereocenters. The number of nitrogens with zero attached hydrogens (tertiary/aromatic N) is 3. The smallest absolute Gasteiger partial charge is 0.0991 e. The van der Waals surface area contributed by atoms with E-state index in [-0.39, 0.29) is 0 Å². The van der Waals surface area contributed by atoms with E-state index in [0.717, 1.165) is 111 Å². The van der Waals surface area contributed by atoms with Gasteiger partial charge < -0.3 is 0 Å². The summed E-state index contributed by atoms with van der Waals surface area (Å²) < 4.78 is 0. The van der Waals surface area contributed by atoms with Crippen molar-refractivity contribution in [3.8, 4) is 107 Å². The Balaban J connectivity index is 0.965. The Kier molecular flexibility index (Phi) is 10.7. The molecule has 11 rings (SSSR count). The van der Waals surface area contributed by atoms with Crippen molar-refractivity contribution in [3.63, 3.8) is 0 Å². The first-order valence-electron chi connectivity index (χ1n) is 22.2. The molecule has 11 aromatic rings. The van der Waals surface area contributed by atoms with Crippen LogP contribution in [0.5, 0.6) is 0 Å². The first-order valence-corrected chi connectivity index (χ1v) is 22.2. The second kappa shape index (κ2) is 17.7. The van der Waals surface area contributed by atoms with Crippen LogP contribution in [0, 0.1) is 11.3 Å². The molecule has 0 spiro atoms. The van der Waals surface area contributed by atoms with Gasteiger partial charge in [-0.05, 0) is 121 Å². The summed E-state index contributed by atoms with van der Waals surface area (Å²) in [7, 11) is 0. The fourth-order valence-electron chi connectivity index (χ4n) is 8.80. The molecule has 3 nitrogen and oxygen atoms in total. The van der Waals surface area contributed by atoms with E-state index in [1.165, 1.54) is 0 Å². The molecular weight excluding hydrogens is 799 g/mol. The van der Waals surface area contributed by atoms with Gasteiger partial charge in [0.1, 0.15) is 0 Å². The average Bonchev–Trinajstić information content (AvgIpc) is 3.41. The van der Waals surface area contributed by atoms with Crippen LogP contribution < -0.4 is 0 Å². The van der Waals surface area contributed by atoms with Crippen molar-refractivity contribution in [1.29, 1.82) is 5.26 Å². The molecule has 9 aromatic carbocycles. The molecule has 0 radical (unpaired) electrons. The molecule has 0 aliphatic carbocycles. The van der Waals surface area contributed by atoms with Crippen LogP contribution in [0.3, 0.4) is 0 Å². The monoisotopic (exact) mass is 839 g/mol. The lowest BCUT2D eigenvalue weighted by Gasteiger charge is -2.15. The Morgan fingerprint density at radius 1 is 0.242 bits per heavy atom. The summed E-state index contributed by atoms with van der Waals surface area (Å²) in [6, 6.07) is 89.5. The summed E-state index contributed by atoms with van der Waals surface area (Å²) in [5.74, 6) is 0. The van der Waals surface area contributed by atoms with Gasteiger partial charge in [0.15, 0.2) is 0 Å². The Morgan fingerprint density at radius 2 is 0.561 bits per heavy atom. The SMILES string of the molecule is N#Cc1ccc(-c2cc3ccc(-c4ccc(-c5cc(-c6ccccc6)nc(-c6ccccc6)c5)cc4)cc3cc2-c2ccc(-c3cc(-c4ccccc4)nc(-c4ccccc4)c3)cc2)cc1. The third-order valence-corrected chi connectivity index (χ3v) is 12.3. The number of nitriles is 1. The minimum absolute atomic E-state index is 0.639. The molecular formula is C63H41N3. The van der Waals surface area contributed by atoms with Gasteiger partial charge in [-0.1, -0.05) is 194 Å². The third-order valence-electron chi connectivity index (χ3n) is 12.3. The van der Waals surface area contributed by atoms with Gasteiger partial charge in [0.05, 0.1) is 34.4 Å². The van der Waals surface area contributed by atoms with Crippen LogP contribution in [-0.4, -0.2) is 9.97 Å². The van der Waals surface area contributed by atoms with Crippen LogP contribution in [0.15, 0.2) is 249 Å². The largest absolute Gasteiger partial charge is 0.248 e. The maximum absolute atomic E-state index is 9.60. The van der Waals surface area contributed by atoms with Gasteiger partial charge in [-0.25, -0.2) is 9.97 Å². The van der Waals surface area contributed by atoms with Crippen molar-refractivity contribution in [2.45, 2.75) is 0 Å². The molecule has 0 aliphatic heterocycles. The first kappa shape index (κ1) is 39.8. The van der Waals surface area contributed by atoms with Crippen LogP contribution in [0.25, 0.3) is 111 Å². The fourth-order valence-corrected chi connectivity index (χ4v) is 8.80. The van der Waals surface area contributed by atoms with Crippen molar-refractivity contribution in [3.05, 3.63) is 254 Å². The number of rotatable bonds is 9. The summed E-state index contributed by atoms with van der Waals surface area (Å²) in [6.07, 6.45) is 0. The summed E-state index contributed by atoms with van der Waals surface area (Å²) >= 11 is 0. The van der Waals surface area contributed by atoms with E-state index in [0.29, 0.717) is 5.56 Å². The van der Waals surface area contributed by atoms with E-state index in [9.17, 15) is 5.26 Å². The first-order chi connectivity index (χ1) is 32.6. The summed E-state index contributed by atoms with van der Waals surface area (Å²) in [4.78, 5) is 10.2. The number of aromatic nitrogens is 2. The number of pyridine rings is 2. The average molecular weight is 840 g/mol. The molecule has 0 aliphatic rings. The predicted octanol–water partition coefficient (Wildman–Crippen LogP) is 16.5. The zero-order valence-corrected chi connectivity index (χ0v) is 36.0.